The van der Waals surface area contributed by atoms with Crippen molar-refractivity contribution in [1.29, 1.82) is 0 Å². The first-order valence-corrected chi connectivity index (χ1v) is 8.28. The lowest BCUT2D eigenvalue weighted by atomic mass is 10.4. The highest BCUT2D eigenvalue weighted by molar-refractivity contribution is 7.91. The van der Waals surface area contributed by atoms with Crippen LogP contribution < -0.4 is 15.8 Å². The number of anilines is 2. The van der Waals surface area contributed by atoms with Gasteiger partial charge in [-0.25, -0.2) is 17.8 Å². The minimum atomic E-state index is -4.09. The van der Waals surface area contributed by atoms with Gasteiger partial charge in [0, 0.05) is 13.1 Å². The van der Waals surface area contributed by atoms with E-state index in [-0.39, 0.29) is 33.0 Å². The first kappa shape index (κ1) is 16.0. The van der Waals surface area contributed by atoms with Crippen molar-refractivity contribution in [2.24, 2.45) is 0 Å². The fourth-order valence-corrected chi connectivity index (χ4v) is 3.83. The number of hydrogen-bond donors (Lipinski definition) is 2. The van der Waals surface area contributed by atoms with Gasteiger partial charge in [-0.1, -0.05) is 6.07 Å². The van der Waals surface area contributed by atoms with Gasteiger partial charge < -0.3 is 15.8 Å². The Morgan fingerprint density at radius 1 is 1.33 bits per heavy atom. The van der Waals surface area contributed by atoms with Crippen LogP contribution in [0.2, 0.25) is 0 Å². The van der Waals surface area contributed by atoms with Crippen molar-refractivity contribution in [2.75, 3.05) is 25.2 Å². The number of nitrogens with zero attached hydrogens (tertiary/aromatic N) is 3. The summed E-state index contributed by atoms with van der Waals surface area (Å²) in [5.74, 6) is -0.327. The summed E-state index contributed by atoms with van der Waals surface area (Å²) >= 11 is 0. The summed E-state index contributed by atoms with van der Waals surface area (Å²) in [6.07, 6.45) is 0. The number of hydrogen-bond acceptors (Lipinski definition) is 7. The van der Waals surface area contributed by atoms with E-state index in [1.165, 1.54) is 36.9 Å². The van der Waals surface area contributed by atoms with Gasteiger partial charge in [0.15, 0.2) is 16.4 Å². The van der Waals surface area contributed by atoms with Gasteiger partial charge in [-0.15, -0.1) is 5.10 Å². The molecule has 2 aromatic heterocycles. The molecule has 0 atom stereocenters. The van der Waals surface area contributed by atoms with Crippen LogP contribution in [0.4, 0.5) is 16.0 Å². The van der Waals surface area contributed by atoms with Crippen LogP contribution in [0.3, 0.4) is 0 Å². The van der Waals surface area contributed by atoms with E-state index in [0.29, 0.717) is 0 Å². The molecule has 0 aliphatic rings. The average Bonchev–Trinajstić information content (AvgIpc) is 2.93. The summed E-state index contributed by atoms with van der Waals surface area (Å²) in [7, 11) is -1.17. The minimum Gasteiger partial charge on any atom is -0.481 e. The summed E-state index contributed by atoms with van der Waals surface area (Å²) in [5, 5.41) is 6.85. The van der Waals surface area contributed by atoms with Crippen molar-refractivity contribution in [3.05, 3.63) is 36.1 Å². The number of halogens is 1. The molecular weight excluding hydrogens is 337 g/mol. The zero-order valence-corrected chi connectivity index (χ0v) is 13.6. The molecule has 0 unspecified atom stereocenters. The molecule has 0 aliphatic carbocycles. The van der Waals surface area contributed by atoms with Crippen molar-refractivity contribution in [3.63, 3.8) is 0 Å². The number of benzene rings is 1. The first-order valence-electron chi connectivity index (χ1n) is 6.80. The molecule has 0 aliphatic heterocycles. The van der Waals surface area contributed by atoms with Crippen LogP contribution in [0.15, 0.2) is 40.1 Å². The Balaban J connectivity index is 2.38. The maximum absolute atomic E-state index is 13.5. The Morgan fingerprint density at radius 3 is 2.71 bits per heavy atom. The number of rotatable bonds is 4. The highest BCUT2D eigenvalue weighted by atomic mass is 32.2. The summed E-state index contributed by atoms with van der Waals surface area (Å²) in [6, 6.07) is 6.12. The van der Waals surface area contributed by atoms with Gasteiger partial charge in [0.05, 0.1) is 12.0 Å². The van der Waals surface area contributed by atoms with E-state index in [1.54, 1.807) is 0 Å². The van der Waals surface area contributed by atoms with Crippen LogP contribution >= 0.6 is 0 Å². The van der Waals surface area contributed by atoms with E-state index in [9.17, 15) is 12.8 Å². The lowest BCUT2D eigenvalue weighted by Gasteiger charge is -2.06. The van der Waals surface area contributed by atoms with Gasteiger partial charge in [0.2, 0.25) is 15.7 Å². The van der Waals surface area contributed by atoms with Crippen molar-refractivity contribution in [2.45, 2.75) is 9.79 Å². The maximum Gasteiger partial charge on any atom is 0.219 e. The Hall–Kier alpha value is -2.88. The van der Waals surface area contributed by atoms with Crippen LogP contribution in [0.5, 0.6) is 5.88 Å². The third-order valence-electron chi connectivity index (χ3n) is 3.35. The topological polar surface area (TPSA) is 112 Å². The molecule has 0 saturated heterocycles. The summed E-state index contributed by atoms with van der Waals surface area (Å²) in [6.45, 7) is 0. The molecule has 10 heteroatoms. The zero-order valence-electron chi connectivity index (χ0n) is 12.8. The predicted molar refractivity (Wildman–Crippen MR) is 85.3 cm³/mol. The molecule has 0 bridgehead atoms. The summed E-state index contributed by atoms with van der Waals surface area (Å²) in [5.41, 5.74) is 5.71. The number of ether oxygens (including phenoxy) is 1. The van der Waals surface area contributed by atoms with Crippen LogP contribution in [-0.2, 0) is 9.84 Å². The molecule has 3 rings (SSSR count). The molecule has 0 saturated carbocycles. The monoisotopic (exact) mass is 351 g/mol. The predicted octanol–water partition coefficient (Wildman–Crippen LogP) is 1.33. The largest absolute Gasteiger partial charge is 0.481 e. The van der Waals surface area contributed by atoms with E-state index >= 15 is 0 Å². The minimum absolute atomic E-state index is 0.0135. The first-order chi connectivity index (χ1) is 11.4. The molecule has 3 aromatic rings. The van der Waals surface area contributed by atoms with Gasteiger partial charge >= 0.3 is 0 Å². The van der Waals surface area contributed by atoms with Gasteiger partial charge in [0.25, 0.3) is 0 Å². The third kappa shape index (κ3) is 2.40. The molecule has 3 N–H and O–H groups in total. The molecule has 2 heterocycles. The maximum atomic E-state index is 13.5. The summed E-state index contributed by atoms with van der Waals surface area (Å²) < 4.78 is 45.8. The van der Waals surface area contributed by atoms with Gasteiger partial charge in [-0.2, -0.15) is 4.52 Å². The third-order valence-corrected chi connectivity index (χ3v) is 5.14. The molecule has 0 fully saturated rings. The number of methoxy groups -OCH3 is 1. The van der Waals surface area contributed by atoms with E-state index in [2.05, 4.69) is 15.4 Å². The van der Waals surface area contributed by atoms with Crippen LogP contribution in [0.25, 0.3) is 5.65 Å². The van der Waals surface area contributed by atoms with E-state index in [0.717, 1.165) is 12.1 Å². The number of nitrogen functional groups attached to an aromatic ring is 1. The normalized spacial score (nSPS) is 11.6. The Labute approximate surface area is 137 Å². The second-order valence-electron chi connectivity index (χ2n) is 4.85. The fraction of sp³-hybridized carbons (Fsp3) is 0.143. The van der Waals surface area contributed by atoms with Crippen LogP contribution in [0, 0.1) is 5.82 Å². The highest BCUT2D eigenvalue weighted by Gasteiger charge is 2.30. The van der Waals surface area contributed by atoms with Crippen LogP contribution in [-0.4, -0.2) is 37.2 Å². The lowest BCUT2D eigenvalue weighted by molar-refractivity contribution is 0.385. The number of aromatic nitrogens is 3. The number of fused-ring (bicyclic) bond motifs is 1. The van der Waals surface area contributed by atoms with E-state index in [4.69, 9.17) is 10.5 Å². The Bertz CT molecular complexity index is 1030. The van der Waals surface area contributed by atoms with E-state index in [1.807, 2.05) is 0 Å². The molecule has 24 heavy (non-hydrogen) atoms. The second kappa shape index (κ2) is 5.64. The molecule has 0 spiro atoms. The van der Waals surface area contributed by atoms with E-state index < -0.39 is 15.7 Å². The lowest BCUT2D eigenvalue weighted by Crippen LogP contribution is -2.06. The van der Waals surface area contributed by atoms with Crippen molar-refractivity contribution >= 4 is 27.1 Å². The Kier molecular flexibility index (Phi) is 3.76. The number of nitrogens with one attached hydrogen (secondary N) is 1. The SMILES string of the molecule is CNc1nn2c(OC)cc(N)nc2c1S(=O)(=O)c1cccc(F)c1. The summed E-state index contributed by atoms with van der Waals surface area (Å²) in [4.78, 5) is 3.63. The number of sulfone groups is 1. The van der Waals surface area contributed by atoms with Crippen molar-refractivity contribution in [3.8, 4) is 5.88 Å². The number of nitrogens with two attached hydrogens (primary N) is 1. The van der Waals surface area contributed by atoms with Gasteiger partial charge in [-0.05, 0) is 18.2 Å². The quantitative estimate of drug-likeness (QED) is 0.729. The molecule has 1 aromatic carbocycles. The van der Waals surface area contributed by atoms with Crippen molar-refractivity contribution in [1.82, 2.24) is 14.6 Å². The Morgan fingerprint density at radius 2 is 2.08 bits per heavy atom. The highest BCUT2D eigenvalue weighted by Crippen LogP contribution is 2.32. The van der Waals surface area contributed by atoms with Crippen molar-refractivity contribution < 1.29 is 17.5 Å². The smallest absolute Gasteiger partial charge is 0.219 e. The molecule has 0 amide bonds. The van der Waals surface area contributed by atoms with Gasteiger partial charge in [0.1, 0.15) is 11.6 Å². The molecule has 0 radical (unpaired) electrons. The molecular formula is C14H14FN5O3S. The fourth-order valence-electron chi connectivity index (χ4n) is 2.30. The van der Waals surface area contributed by atoms with Gasteiger partial charge in [-0.3, -0.25) is 0 Å². The zero-order chi connectivity index (χ0) is 17.5. The van der Waals surface area contributed by atoms with Crippen LogP contribution in [0.1, 0.15) is 0 Å². The second-order valence-corrected chi connectivity index (χ2v) is 6.73. The standard InChI is InChI=1S/C14H14FN5O3S/c1-17-13-12(24(21,22)9-5-3-4-8(15)6-9)14-18-10(16)7-11(23-2)20(14)19-13/h3-7H,1-2H3,(H2,16,18)(H,17,19). The molecule has 8 nitrogen and oxygen atoms in total. The molecule has 126 valence electrons. The average molecular weight is 351 g/mol.